The van der Waals surface area contributed by atoms with Gasteiger partial charge in [0.2, 0.25) is 0 Å². The summed E-state index contributed by atoms with van der Waals surface area (Å²) in [6, 6.07) is 0. The molecular weight excluding hydrogens is 140 g/mol. The summed E-state index contributed by atoms with van der Waals surface area (Å²) in [5, 5.41) is 0. The highest BCUT2D eigenvalue weighted by Crippen LogP contribution is 1.79. The molecule has 0 bridgehead atoms. The lowest BCUT2D eigenvalue weighted by molar-refractivity contribution is -0.133. The van der Waals surface area contributed by atoms with E-state index >= 15 is 0 Å². The molecule has 2 nitrogen and oxygen atoms in total. The van der Waals surface area contributed by atoms with Crippen molar-refractivity contribution < 1.29 is 9.53 Å². The lowest BCUT2D eigenvalue weighted by Gasteiger charge is -1.81. The third-order valence-corrected chi connectivity index (χ3v) is 0.876. The number of carbonyl (C=O) groups is 1. The van der Waals surface area contributed by atoms with Crippen LogP contribution >= 0.6 is 0 Å². The number of carbonyl (C=O) groups excluding carboxylic acids is 1. The van der Waals surface area contributed by atoms with Gasteiger partial charge in [0.25, 0.3) is 0 Å². The largest absolute Gasteiger partial charge is 0.459 e. The van der Waals surface area contributed by atoms with Gasteiger partial charge in [-0.05, 0) is 18.3 Å². The molecule has 0 aromatic rings. The van der Waals surface area contributed by atoms with E-state index in [1.807, 2.05) is 6.92 Å². The average molecular weight is 150 g/mol. The highest BCUT2D eigenvalue weighted by molar-refractivity contribution is 5.88. The summed E-state index contributed by atoms with van der Waals surface area (Å²) in [5.41, 5.74) is 0. The molecule has 0 aliphatic heterocycles. The smallest absolute Gasteiger partial charge is 0.385 e. The minimum atomic E-state index is -0.546. The van der Waals surface area contributed by atoms with Crippen LogP contribution < -0.4 is 0 Å². The van der Waals surface area contributed by atoms with Gasteiger partial charge in [-0.1, -0.05) is 12.8 Å². The monoisotopic (exact) mass is 150 g/mol. The van der Waals surface area contributed by atoms with Gasteiger partial charge in [-0.15, -0.1) is 0 Å². The van der Waals surface area contributed by atoms with Crippen LogP contribution in [0, 0.1) is 23.7 Å². The summed E-state index contributed by atoms with van der Waals surface area (Å²) in [6.07, 6.45) is 1.82. The van der Waals surface area contributed by atoms with Crippen molar-refractivity contribution in [3.05, 3.63) is 0 Å². The van der Waals surface area contributed by atoms with E-state index in [9.17, 15) is 4.79 Å². The maximum absolute atomic E-state index is 10.4. The molecule has 0 fully saturated rings. The Bertz CT molecular complexity index is 232. The normalized spacial score (nSPS) is 6.73. The predicted octanol–water partition coefficient (Wildman–Crippen LogP) is 0.966. The van der Waals surface area contributed by atoms with Gasteiger partial charge in [-0.3, -0.25) is 0 Å². The van der Waals surface area contributed by atoms with Gasteiger partial charge in [-0.2, -0.15) is 0 Å². The Hall–Kier alpha value is -1.41. The van der Waals surface area contributed by atoms with Gasteiger partial charge in [0.05, 0.1) is 7.11 Å². The topological polar surface area (TPSA) is 26.3 Å². The Kier molecular flexibility index (Phi) is 5.85. The van der Waals surface area contributed by atoms with E-state index in [4.69, 9.17) is 0 Å². The number of hydrogen-bond acceptors (Lipinski definition) is 2. The molecular formula is C9H10O2. The third-order valence-electron chi connectivity index (χ3n) is 0.876. The molecule has 0 aliphatic carbocycles. The number of ether oxygens (including phenoxy) is 1. The molecule has 0 aromatic heterocycles. The standard InChI is InChI=1S/C9H10O2/c1-3-4-5-6-7-8-9(10)11-2/h3-4H2,1-2H3. The molecule has 0 unspecified atom stereocenters. The average Bonchev–Trinajstić information content (AvgIpc) is 2.04. The SMILES string of the molecule is CCCC#CC#CC(=O)OC. The van der Waals surface area contributed by atoms with Gasteiger partial charge in [0.1, 0.15) is 0 Å². The summed E-state index contributed by atoms with van der Waals surface area (Å²) in [4.78, 5) is 10.4. The zero-order valence-electron chi connectivity index (χ0n) is 6.73. The Morgan fingerprint density at radius 2 is 2.18 bits per heavy atom. The van der Waals surface area contributed by atoms with Crippen LogP contribution in [0.1, 0.15) is 19.8 Å². The van der Waals surface area contributed by atoms with Crippen molar-refractivity contribution in [3.63, 3.8) is 0 Å². The summed E-state index contributed by atoms with van der Waals surface area (Å²) in [7, 11) is 1.29. The minimum Gasteiger partial charge on any atom is -0.459 e. The molecule has 0 atom stereocenters. The quantitative estimate of drug-likeness (QED) is 0.316. The van der Waals surface area contributed by atoms with Crippen molar-refractivity contribution in [3.8, 4) is 23.7 Å². The number of methoxy groups -OCH3 is 1. The first-order chi connectivity index (χ1) is 5.31. The first kappa shape index (κ1) is 9.59. The molecule has 0 saturated heterocycles. The molecule has 0 radical (unpaired) electrons. The number of unbranched alkanes of at least 4 members (excludes halogenated alkanes) is 1. The zero-order chi connectivity index (χ0) is 8.53. The van der Waals surface area contributed by atoms with Gasteiger partial charge in [0, 0.05) is 12.3 Å². The van der Waals surface area contributed by atoms with Crippen molar-refractivity contribution in [1.29, 1.82) is 0 Å². The Morgan fingerprint density at radius 1 is 1.45 bits per heavy atom. The summed E-state index contributed by atoms with van der Waals surface area (Å²) >= 11 is 0. The Labute approximate surface area is 66.9 Å². The molecule has 58 valence electrons. The van der Waals surface area contributed by atoms with Crippen LogP contribution in [-0.2, 0) is 9.53 Å². The van der Waals surface area contributed by atoms with E-state index in [2.05, 4.69) is 28.4 Å². The lowest BCUT2D eigenvalue weighted by Crippen LogP contribution is -1.93. The highest BCUT2D eigenvalue weighted by atomic mass is 16.5. The Balaban J connectivity index is 3.74. The van der Waals surface area contributed by atoms with Gasteiger partial charge in [-0.25, -0.2) is 4.79 Å². The van der Waals surface area contributed by atoms with Crippen molar-refractivity contribution in [2.45, 2.75) is 19.8 Å². The van der Waals surface area contributed by atoms with E-state index in [1.54, 1.807) is 0 Å². The first-order valence-corrected chi connectivity index (χ1v) is 3.38. The van der Waals surface area contributed by atoms with Crippen LogP contribution in [0.4, 0.5) is 0 Å². The lowest BCUT2D eigenvalue weighted by atomic mass is 10.3. The number of esters is 1. The van der Waals surface area contributed by atoms with Crippen molar-refractivity contribution in [1.82, 2.24) is 0 Å². The third kappa shape index (κ3) is 6.48. The Morgan fingerprint density at radius 3 is 2.73 bits per heavy atom. The van der Waals surface area contributed by atoms with E-state index in [0.717, 1.165) is 12.8 Å². The highest BCUT2D eigenvalue weighted by Gasteiger charge is 1.85. The van der Waals surface area contributed by atoms with Crippen LogP contribution in [-0.4, -0.2) is 13.1 Å². The van der Waals surface area contributed by atoms with Crippen molar-refractivity contribution >= 4 is 5.97 Å². The first-order valence-electron chi connectivity index (χ1n) is 3.38. The maximum atomic E-state index is 10.4. The van der Waals surface area contributed by atoms with Crippen LogP contribution in [0.5, 0.6) is 0 Å². The molecule has 0 rings (SSSR count). The molecule has 0 saturated carbocycles. The predicted molar refractivity (Wildman–Crippen MR) is 42.5 cm³/mol. The van der Waals surface area contributed by atoms with Gasteiger partial charge >= 0.3 is 5.97 Å². The van der Waals surface area contributed by atoms with E-state index in [-0.39, 0.29) is 0 Å². The number of hydrogen-bond donors (Lipinski definition) is 0. The zero-order valence-corrected chi connectivity index (χ0v) is 6.73. The summed E-state index contributed by atoms with van der Waals surface area (Å²) in [5.74, 6) is 9.37. The fourth-order valence-electron chi connectivity index (χ4n) is 0.365. The van der Waals surface area contributed by atoms with Gasteiger partial charge < -0.3 is 4.74 Å². The summed E-state index contributed by atoms with van der Waals surface area (Å²) in [6.45, 7) is 2.03. The van der Waals surface area contributed by atoms with Crippen LogP contribution in [0.25, 0.3) is 0 Å². The van der Waals surface area contributed by atoms with E-state index < -0.39 is 5.97 Å². The molecule has 11 heavy (non-hydrogen) atoms. The summed E-state index contributed by atoms with van der Waals surface area (Å²) < 4.78 is 4.28. The molecule has 2 heteroatoms. The minimum absolute atomic E-state index is 0.546. The molecule has 0 amide bonds. The second-order valence-corrected chi connectivity index (χ2v) is 1.79. The van der Waals surface area contributed by atoms with Gasteiger partial charge in [0.15, 0.2) is 0 Å². The fraction of sp³-hybridized carbons (Fsp3) is 0.444. The second-order valence-electron chi connectivity index (χ2n) is 1.79. The fourth-order valence-corrected chi connectivity index (χ4v) is 0.365. The van der Waals surface area contributed by atoms with Crippen molar-refractivity contribution in [2.75, 3.05) is 7.11 Å². The molecule has 0 heterocycles. The molecule has 0 aliphatic rings. The van der Waals surface area contributed by atoms with Crippen LogP contribution in [0.15, 0.2) is 0 Å². The van der Waals surface area contributed by atoms with E-state index in [0.29, 0.717) is 0 Å². The molecule has 0 aromatic carbocycles. The van der Waals surface area contributed by atoms with E-state index in [1.165, 1.54) is 7.11 Å². The number of rotatable bonds is 1. The van der Waals surface area contributed by atoms with Crippen LogP contribution in [0.2, 0.25) is 0 Å². The van der Waals surface area contributed by atoms with Crippen molar-refractivity contribution in [2.24, 2.45) is 0 Å². The second kappa shape index (κ2) is 6.71. The maximum Gasteiger partial charge on any atom is 0.385 e. The molecule has 0 spiro atoms. The van der Waals surface area contributed by atoms with Crippen LogP contribution in [0.3, 0.4) is 0 Å². The molecule has 0 N–H and O–H groups in total.